The van der Waals surface area contributed by atoms with E-state index >= 15 is 0 Å². The van der Waals surface area contributed by atoms with Crippen LogP contribution in [0.3, 0.4) is 0 Å². The number of ether oxygens (including phenoxy) is 1. The van der Waals surface area contributed by atoms with Gasteiger partial charge in [-0.2, -0.15) is 13.2 Å². The maximum absolute atomic E-state index is 14.9. The Morgan fingerprint density at radius 2 is 1.56 bits per heavy atom. The monoisotopic (exact) mass is 1310 g/mol. The molecule has 0 bridgehead atoms. The van der Waals surface area contributed by atoms with E-state index in [-0.39, 0.29) is 64.8 Å². The first-order chi connectivity index (χ1) is 44.6. The van der Waals surface area contributed by atoms with Crippen molar-refractivity contribution in [3.63, 3.8) is 0 Å². The Kier molecular flexibility index (Phi) is 28.5. The number of allylic oxidation sites excluding steroid dienone is 3. The van der Waals surface area contributed by atoms with Gasteiger partial charge in [0.25, 0.3) is 0 Å². The van der Waals surface area contributed by atoms with Crippen LogP contribution < -0.4 is 31.9 Å². The second kappa shape index (κ2) is 35.7. The minimum Gasteiger partial charge on any atom is -0.390 e. The van der Waals surface area contributed by atoms with Crippen molar-refractivity contribution in [2.24, 2.45) is 28.7 Å². The molecule has 2 aliphatic carbocycles. The van der Waals surface area contributed by atoms with Crippen molar-refractivity contribution in [1.82, 2.24) is 56.4 Å². The van der Waals surface area contributed by atoms with Gasteiger partial charge in [-0.25, -0.2) is 0 Å². The summed E-state index contributed by atoms with van der Waals surface area (Å²) < 4.78 is 47.0. The lowest BCUT2D eigenvalue weighted by Gasteiger charge is -2.60. The number of alkyl halides is 3. The second-order valence-corrected chi connectivity index (χ2v) is 29.5. The van der Waals surface area contributed by atoms with Gasteiger partial charge in [0.15, 0.2) is 0 Å². The molecule has 6 N–H and O–H groups in total. The summed E-state index contributed by atoms with van der Waals surface area (Å²) in [6, 6.07) is 14.7. The summed E-state index contributed by atoms with van der Waals surface area (Å²) in [5, 5.41) is 24.1. The zero-order chi connectivity index (χ0) is 66.8. The Morgan fingerprint density at radius 3 is 2.24 bits per heavy atom. The number of fused-ring (bicyclic) bond motifs is 2. The maximum atomic E-state index is 14.9. The van der Waals surface area contributed by atoms with Crippen LogP contribution in [0.5, 0.6) is 0 Å². The molecule has 11 atom stereocenters. The molecule has 2 saturated carbocycles. The number of halogens is 4. The highest BCUT2D eigenvalue weighted by Crippen LogP contribution is 2.44. The number of likely N-dealkylation sites (N-methyl/N-ethyl adjacent to an activating group) is 1. The third-order valence-corrected chi connectivity index (χ3v) is 22.1. The van der Waals surface area contributed by atoms with Crippen LogP contribution in [0.4, 0.5) is 13.2 Å². The highest BCUT2D eigenvalue weighted by molar-refractivity contribution is 6.31. The lowest BCUT2D eigenvalue weighted by Crippen LogP contribution is -2.76. The molecule has 14 nitrogen and oxygen atoms in total. The van der Waals surface area contributed by atoms with E-state index in [1.807, 2.05) is 31.7 Å². The minimum absolute atomic E-state index is 0.0458. The summed E-state index contributed by atoms with van der Waals surface area (Å²) in [7, 11) is 2.04. The molecule has 5 unspecified atom stereocenters. The summed E-state index contributed by atoms with van der Waals surface area (Å²) in [6.07, 6.45) is 23.3. The predicted molar refractivity (Wildman–Crippen MR) is 378 cm³/mol. The maximum Gasteiger partial charge on any atom is 0.417 e. The standard InChI is InChI=1S/C75H120ClF3N12O2/c1-13-54(6)69-47-84-68(44-52(3)4)56(8)83-48-70-71(73(92)89-40-42-93-43-41-89)59(11)91(70)72(62-20-15-16-21-62)57(9)86-74(32-17-18-33-74)51-81-36-35-80-34-31-63(29-27-61-28-30-66(67(76)46-61)75(77,78)79)82-37-39-87(12)49-65(45-60-25-23-53(5)24-26-60)88(14-2)50-64-22-19-38-90(64)58(10)55(7)85-69/h23-26,28,30-31,34,37,39,46,49-50,52,54-59,62,68-72,80-81,83-86H,13-22,27,29,32-33,35-36,38,40-45,47-48,51H2,1-12H3/t54-,55?,56?,57?,58-,59?,68-,69+,70?,71-,72+/m0/s1. The fourth-order valence-corrected chi connectivity index (χ4v) is 16.3. The van der Waals surface area contributed by atoms with Crippen molar-refractivity contribution in [2.75, 3.05) is 79.2 Å². The number of aliphatic imine (C=N–C) groups is 1. The summed E-state index contributed by atoms with van der Waals surface area (Å²) in [4.78, 5) is 32.0. The Bertz CT molecular complexity index is 2770. The number of rotatable bonds is 12. The predicted octanol–water partition coefficient (Wildman–Crippen LogP) is 12.7. The van der Waals surface area contributed by atoms with Crippen LogP contribution in [0, 0.1) is 30.6 Å². The zero-order valence-electron chi connectivity index (χ0n) is 58.9. The molecule has 93 heavy (non-hydrogen) atoms. The SMILES string of the molecule is CC[C@H](C)[C@H]1CN[C@@H](CC(C)C)C(C)NCC2[C@@H](C(=O)N3CCOCC3)C(C)N2[C@@H](C2CCCC2)C(C)NC2(CCCC2)CNCCNC=CC(CCc2ccc(C(F)(F)F)c(Cl)c2)=NC=CN(C)C=C(Cc2ccc(C)cc2)N(CC)C=C2CCCN2[C@@H](C)C(C)N1. The molecule has 4 aliphatic heterocycles. The van der Waals surface area contributed by atoms with Gasteiger partial charge in [-0.1, -0.05) is 107 Å². The molecule has 1 spiro atoms. The molecule has 520 valence electrons. The molecule has 18 heteroatoms. The molecule has 5 fully saturated rings. The summed E-state index contributed by atoms with van der Waals surface area (Å²) >= 11 is 6.22. The number of carbonyl (C=O) groups is 1. The summed E-state index contributed by atoms with van der Waals surface area (Å²) in [5.74, 6) is 1.71. The average Bonchev–Trinajstić information content (AvgIpc) is 1.74. The van der Waals surface area contributed by atoms with E-state index in [4.69, 9.17) is 21.3 Å². The van der Waals surface area contributed by atoms with Gasteiger partial charge in [0.05, 0.1) is 29.7 Å². The van der Waals surface area contributed by atoms with E-state index in [0.29, 0.717) is 81.0 Å². The van der Waals surface area contributed by atoms with Crippen LogP contribution in [0.25, 0.3) is 0 Å². The molecule has 2 aromatic rings. The fraction of sp³-hybridized carbons (Fsp3) is 0.707. The van der Waals surface area contributed by atoms with Crippen molar-refractivity contribution in [1.29, 1.82) is 0 Å². The van der Waals surface area contributed by atoms with Crippen molar-refractivity contribution in [3.8, 4) is 0 Å². The molecule has 1 amide bonds. The van der Waals surface area contributed by atoms with E-state index in [0.717, 1.165) is 102 Å². The van der Waals surface area contributed by atoms with Gasteiger partial charge in [-0.3, -0.25) is 14.7 Å². The minimum atomic E-state index is -4.53. The molecule has 8 rings (SSSR count). The van der Waals surface area contributed by atoms with Crippen LogP contribution in [0.2, 0.25) is 5.02 Å². The van der Waals surface area contributed by atoms with Crippen LogP contribution in [-0.4, -0.2) is 175 Å². The quantitative estimate of drug-likeness (QED) is 0.121. The van der Waals surface area contributed by atoms with Crippen LogP contribution in [-0.2, 0) is 28.5 Å². The van der Waals surface area contributed by atoms with Crippen molar-refractivity contribution < 1.29 is 22.7 Å². The Morgan fingerprint density at radius 1 is 0.839 bits per heavy atom. The van der Waals surface area contributed by atoms with Crippen LogP contribution in [0.15, 0.2) is 95.9 Å². The number of benzene rings is 2. The van der Waals surface area contributed by atoms with Crippen molar-refractivity contribution in [2.45, 2.75) is 239 Å². The number of carbonyl (C=O) groups excluding carboxylic acids is 1. The zero-order valence-corrected chi connectivity index (χ0v) is 59.7. The van der Waals surface area contributed by atoms with E-state index in [2.05, 4.69) is 169 Å². The third kappa shape index (κ3) is 20.8. The highest BCUT2D eigenvalue weighted by Gasteiger charge is 2.56. The number of morpholine rings is 1. The lowest BCUT2D eigenvalue weighted by molar-refractivity contribution is -0.165. The first kappa shape index (κ1) is 74.3. The lowest BCUT2D eigenvalue weighted by atomic mass is 9.74. The van der Waals surface area contributed by atoms with Gasteiger partial charge in [-0.05, 0) is 160 Å². The summed E-state index contributed by atoms with van der Waals surface area (Å²) in [6.45, 7) is 34.0. The topological polar surface area (TPSA) is 127 Å². The third-order valence-electron chi connectivity index (χ3n) is 21.8. The number of nitrogens with zero attached hydrogens (tertiary/aromatic N) is 6. The normalized spacial score (nSPS) is 29.1. The first-order valence-electron chi connectivity index (χ1n) is 36.1. The van der Waals surface area contributed by atoms with E-state index in [1.54, 1.807) is 0 Å². The van der Waals surface area contributed by atoms with E-state index < -0.39 is 11.7 Å². The summed E-state index contributed by atoms with van der Waals surface area (Å²) in [5.41, 5.74) is 5.57. The molecule has 4 heterocycles. The van der Waals surface area contributed by atoms with E-state index in [9.17, 15) is 18.0 Å². The Hall–Kier alpha value is -4.46. The van der Waals surface area contributed by atoms with Crippen LogP contribution in [0.1, 0.15) is 175 Å². The number of amides is 1. The molecule has 6 aliphatic rings. The van der Waals surface area contributed by atoms with Crippen molar-refractivity contribution >= 4 is 23.2 Å². The molecule has 3 saturated heterocycles. The molecular formula is C75H120ClF3N12O2. The second-order valence-electron chi connectivity index (χ2n) is 29.0. The molecule has 0 radical (unpaired) electrons. The van der Waals surface area contributed by atoms with Gasteiger partial charge in [0.1, 0.15) is 0 Å². The van der Waals surface area contributed by atoms with Gasteiger partial charge in [0, 0.05) is 174 Å². The average molecular weight is 1310 g/mol. The number of hydrogen-bond acceptors (Lipinski definition) is 13. The van der Waals surface area contributed by atoms with Gasteiger partial charge in [-0.15, -0.1) is 0 Å². The molecule has 2 aromatic carbocycles. The number of hydrogen-bond donors (Lipinski definition) is 6. The molecule has 0 aromatic heterocycles. The number of aryl methyl sites for hydroxylation is 2. The first-order valence-corrected chi connectivity index (χ1v) is 36.5. The Labute approximate surface area is 564 Å². The largest absolute Gasteiger partial charge is 0.417 e. The fourth-order valence-electron chi connectivity index (χ4n) is 16.0. The van der Waals surface area contributed by atoms with Gasteiger partial charge < -0.3 is 56.2 Å². The number of nitrogens with one attached hydrogen (secondary N) is 6. The highest BCUT2D eigenvalue weighted by atomic mass is 35.5. The van der Waals surface area contributed by atoms with Gasteiger partial charge >= 0.3 is 6.18 Å². The molecular weight excluding hydrogens is 1190 g/mol. The van der Waals surface area contributed by atoms with Crippen LogP contribution >= 0.6 is 11.6 Å². The Balaban J connectivity index is 1.11. The van der Waals surface area contributed by atoms with Crippen molar-refractivity contribution in [3.05, 3.63) is 118 Å². The van der Waals surface area contributed by atoms with Gasteiger partial charge in [0.2, 0.25) is 5.91 Å². The smallest absolute Gasteiger partial charge is 0.390 e. The van der Waals surface area contributed by atoms with E-state index in [1.165, 1.54) is 67.5 Å².